The van der Waals surface area contributed by atoms with Gasteiger partial charge in [-0.05, 0) is 68.0 Å². The molecule has 2 amide bonds. The number of anilines is 1. The number of carbonyl (C=O) groups is 2. The Bertz CT molecular complexity index is 1220. The Balaban J connectivity index is 1.78. The molecular weight excluding hydrogens is 420 g/mol. The summed E-state index contributed by atoms with van der Waals surface area (Å²) in [5, 5.41) is 2.94. The van der Waals surface area contributed by atoms with Crippen LogP contribution in [0.4, 0.5) is 5.69 Å². The maximum absolute atomic E-state index is 13.2. The number of benzene rings is 1. The van der Waals surface area contributed by atoms with Gasteiger partial charge in [-0.25, -0.2) is 0 Å². The van der Waals surface area contributed by atoms with E-state index in [1.807, 2.05) is 36.6 Å². The van der Waals surface area contributed by atoms with Crippen molar-refractivity contribution in [3.8, 4) is 5.69 Å². The van der Waals surface area contributed by atoms with Gasteiger partial charge < -0.3 is 4.57 Å². The van der Waals surface area contributed by atoms with E-state index in [4.69, 9.17) is 23.8 Å². The molecule has 8 heteroatoms. The number of hydrogen-bond donors (Lipinski definition) is 1. The van der Waals surface area contributed by atoms with E-state index in [1.54, 1.807) is 42.7 Å². The van der Waals surface area contributed by atoms with Crippen LogP contribution in [0.15, 0.2) is 60.4 Å². The fraction of sp³-hybridized carbons (Fsp3) is 0.0909. The molecule has 0 radical (unpaired) electrons. The van der Waals surface area contributed by atoms with Gasteiger partial charge in [0.1, 0.15) is 5.57 Å². The third-order valence-electron chi connectivity index (χ3n) is 4.89. The first kappa shape index (κ1) is 20.0. The number of thiocarbonyl (C=S) groups is 1. The molecular formula is C22H17ClN4O2S. The van der Waals surface area contributed by atoms with Gasteiger partial charge in [0.2, 0.25) is 0 Å². The van der Waals surface area contributed by atoms with E-state index < -0.39 is 11.8 Å². The van der Waals surface area contributed by atoms with Gasteiger partial charge in [0, 0.05) is 29.5 Å². The van der Waals surface area contributed by atoms with Crippen molar-refractivity contribution >= 4 is 52.5 Å². The van der Waals surface area contributed by atoms with E-state index >= 15 is 0 Å². The van der Waals surface area contributed by atoms with Gasteiger partial charge in [-0.1, -0.05) is 23.7 Å². The highest BCUT2D eigenvalue weighted by molar-refractivity contribution is 7.80. The van der Waals surface area contributed by atoms with Crippen molar-refractivity contribution < 1.29 is 9.59 Å². The summed E-state index contributed by atoms with van der Waals surface area (Å²) in [6.45, 7) is 3.89. The van der Waals surface area contributed by atoms with Crippen molar-refractivity contribution in [3.05, 3.63) is 82.4 Å². The van der Waals surface area contributed by atoms with Crippen LogP contribution in [0, 0.1) is 13.8 Å². The molecule has 1 aliphatic rings. The molecule has 1 fully saturated rings. The van der Waals surface area contributed by atoms with E-state index in [0.717, 1.165) is 22.6 Å². The van der Waals surface area contributed by atoms with Crippen LogP contribution in [0.5, 0.6) is 0 Å². The summed E-state index contributed by atoms with van der Waals surface area (Å²) in [5.41, 5.74) is 3.97. The molecule has 1 aromatic carbocycles. The van der Waals surface area contributed by atoms with Crippen molar-refractivity contribution in [2.24, 2.45) is 0 Å². The largest absolute Gasteiger partial charge is 0.318 e. The Morgan fingerprint density at radius 3 is 2.50 bits per heavy atom. The second-order valence-corrected chi connectivity index (χ2v) is 7.57. The molecule has 0 atom stereocenters. The number of aromatic nitrogens is 2. The lowest BCUT2D eigenvalue weighted by Crippen LogP contribution is -2.54. The van der Waals surface area contributed by atoms with E-state index in [0.29, 0.717) is 10.7 Å². The minimum Gasteiger partial charge on any atom is -0.318 e. The summed E-state index contributed by atoms with van der Waals surface area (Å²) < 4.78 is 2.04. The van der Waals surface area contributed by atoms with Crippen LogP contribution in [-0.4, -0.2) is 26.5 Å². The fourth-order valence-corrected chi connectivity index (χ4v) is 3.98. The van der Waals surface area contributed by atoms with E-state index in [2.05, 4.69) is 10.3 Å². The summed E-state index contributed by atoms with van der Waals surface area (Å²) >= 11 is 11.5. The second-order valence-electron chi connectivity index (χ2n) is 6.78. The molecule has 3 heterocycles. The molecule has 30 heavy (non-hydrogen) atoms. The molecule has 0 bridgehead atoms. The van der Waals surface area contributed by atoms with Gasteiger partial charge in [0.25, 0.3) is 11.8 Å². The first-order valence-electron chi connectivity index (χ1n) is 9.14. The van der Waals surface area contributed by atoms with Crippen LogP contribution >= 0.6 is 23.8 Å². The fourth-order valence-electron chi connectivity index (χ4n) is 3.49. The first-order valence-corrected chi connectivity index (χ1v) is 9.92. The minimum atomic E-state index is -0.540. The molecule has 0 saturated carbocycles. The smallest absolute Gasteiger partial charge is 0.270 e. The third-order valence-corrected chi connectivity index (χ3v) is 5.49. The van der Waals surface area contributed by atoms with Gasteiger partial charge in [0.15, 0.2) is 5.11 Å². The molecule has 0 unspecified atom stereocenters. The molecule has 0 spiro atoms. The molecule has 0 aliphatic carbocycles. The molecule has 6 nitrogen and oxygen atoms in total. The lowest BCUT2D eigenvalue weighted by molar-refractivity contribution is -0.122. The molecule has 1 aliphatic heterocycles. The predicted molar refractivity (Wildman–Crippen MR) is 121 cm³/mol. The highest BCUT2D eigenvalue weighted by Gasteiger charge is 2.35. The number of nitrogens with one attached hydrogen (secondary N) is 1. The molecule has 4 rings (SSSR count). The number of rotatable bonds is 3. The van der Waals surface area contributed by atoms with Crippen LogP contribution in [0.1, 0.15) is 17.0 Å². The van der Waals surface area contributed by atoms with E-state index in [9.17, 15) is 9.59 Å². The summed E-state index contributed by atoms with van der Waals surface area (Å²) in [6, 6.07) is 12.6. The van der Waals surface area contributed by atoms with Crippen LogP contribution in [-0.2, 0) is 9.59 Å². The number of nitrogens with zero attached hydrogens (tertiary/aromatic N) is 3. The lowest BCUT2D eigenvalue weighted by atomic mass is 10.1. The zero-order valence-electron chi connectivity index (χ0n) is 16.2. The highest BCUT2D eigenvalue weighted by Crippen LogP contribution is 2.30. The molecule has 3 aromatic rings. The third kappa shape index (κ3) is 3.42. The van der Waals surface area contributed by atoms with Crippen molar-refractivity contribution in [2.75, 3.05) is 4.90 Å². The van der Waals surface area contributed by atoms with Crippen molar-refractivity contribution in [1.82, 2.24) is 14.9 Å². The topological polar surface area (TPSA) is 67.2 Å². The summed E-state index contributed by atoms with van der Waals surface area (Å²) in [6.07, 6.45) is 5.02. The van der Waals surface area contributed by atoms with Crippen molar-refractivity contribution in [3.63, 3.8) is 0 Å². The number of carbonyl (C=O) groups excluding carboxylic acids is 2. The minimum absolute atomic E-state index is 0.00231. The number of pyridine rings is 1. The Labute approximate surface area is 183 Å². The lowest BCUT2D eigenvalue weighted by Gasteiger charge is -2.29. The average Bonchev–Trinajstić information content (AvgIpc) is 3.00. The quantitative estimate of drug-likeness (QED) is 0.383. The monoisotopic (exact) mass is 436 g/mol. The number of amides is 2. The maximum Gasteiger partial charge on any atom is 0.270 e. The number of aryl methyl sites for hydroxylation is 1. The van der Waals surface area contributed by atoms with Gasteiger partial charge in [-0.3, -0.25) is 24.8 Å². The van der Waals surface area contributed by atoms with Crippen molar-refractivity contribution in [1.29, 1.82) is 0 Å². The number of hydrogen-bond acceptors (Lipinski definition) is 4. The van der Waals surface area contributed by atoms with Crippen molar-refractivity contribution in [2.45, 2.75) is 13.8 Å². The van der Waals surface area contributed by atoms with E-state index in [-0.39, 0.29) is 10.7 Å². The highest BCUT2D eigenvalue weighted by atomic mass is 35.5. The number of para-hydroxylation sites is 1. The second kappa shape index (κ2) is 7.85. The van der Waals surface area contributed by atoms with E-state index in [1.165, 1.54) is 4.90 Å². The molecule has 150 valence electrons. The van der Waals surface area contributed by atoms with Gasteiger partial charge >= 0.3 is 0 Å². The Morgan fingerprint density at radius 2 is 1.80 bits per heavy atom. The van der Waals surface area contributed by atoms with Gasteiger partial charge in [0.05, 0.1) is 10.7 Å². The maximum atomic E-state index is 13.2. The summed E-state index contributed by atoms with van der Waals surface area (Å²) in [4.78, 5) is 31.1. The van der Waals surface area contributed by atoms with Crippen LogP contribution in [0.2, 0.25) is 5.02 Å². The van der Waals surface area contributed by atoms with Crippen LogP contribution < -0.4 is 10.2 Å². The first-order chi connectivity index (χ1) is 14.4. The molecule has 2 aromatic heterocycles. The Hall–Kier alpha value is -3.29. The standard InChI is InChI=1S/C22H17ClN4O2S/c1-13-11-15(14(2)26(13)16-7-9-24-10-8-16)12-17-20(28)25-22(30)27(21(17)29)19-6-4-3-5-18(19)23/h3-12H,1-2H3,(H,25,28,30)/b17-12+. The van der Waals surface area contributed by atoms with Gasteiger partial charge in [-0.15, -0.1) is 0 Å². The van der Waals surface area contributed by atoms with Crippen LogP contribution in [0.3, 0.4) is 0 Å². The number of halogens is 1. The zero-order chi connectivity index (χ0) is 21.4. The normalized spacial score (nSPS) is 15.6. The summed E-state index contributed by atoms with van der Waals surface area (Å²) in [7, 11) is 0. The average molecular weight is 437 g/mol. The Kier molecular flexibility index (Phi) is 5.24. The Morgan fingerprint density at radius 1 is 1.10 bits per heavy atom. The SMILES string of the molecule is Cc1cc(/C=C2\C(=O)NC(=S)N(c3ccccc3Cl)C2=O)c(C)n1-c1ccncc1. The predicted octanol–water partition coefficient (Wildman–Crippen LogP) is 3.97. The summed E-state index contributed by atoms with van der Waals surface area (Å²) in [5.74, 6) is -1.06. The molecule has 1 saturated heterocycles. The van der Waals surface area contributed by atoms with Gasteiger partial charge in [-0.2, -0.15) is 0 Å². The zero-order valence-corrected chi connectivity index (χ0v) is 17.8. The van der Waals surface area contributed by atoms with Crippen LogP contribution in [0.25, 0.3) is 11.8 Å². The molecule has 1 N–H and O–H groups in total.